The van der Waals surface area contributed by atoms with Crippen molar-refractivity contribution >= 4 is 17.6 Å². The van der Waals surface area contributed by atoms with Crippen LogP contribution in [-0.4, -0.2) is 29.6 Å². The molecule has 0 saturated carbocycles. The molecule has 108 valence electrons. The fourth-order valence-electron chi connectivity index (χ4n) is 1.61. The highest BCUT2D eigenvalue weighted by Crippen LogP contribution is 2.17. The van der Waals surface area contributed by atoms with Crippen LogP contribution < -0.4 is 11.1 Å². The molecular weight excluding hydrogens is 260 g/mol. The van der Waals surface area contributed by atoms with Crippen molar-refractivity contribution in [3.8, 4) is 6.07 Å². The fraction of sp³-hybridized carbons (Fsp3) is 0.462. The molecule has 7 heteroatoms. The van der Waals surface area contributed by atoms with E-state index in [0.717, 1.165) is 0 Å². The van der Waals surface area contributed by atoms with Crippen molar-refractivity contribution in [3.05, 3.63) is 18.0 Å². The lowest BCUT2D eigenvalue weighted by Gasteiger charge is -2.12. The van der Waals surface area contributed by atoms with Crippen molar-refractivity contribution in [2.24, 2.45) is 0 Å². The Balaban J connectivity index is 2.55. The molecule has 0 aliphatic rings. The summed E-state index contributed by atoms with van der Waals surface area (Å²) in [4.78, 5) is 23.2. The average molecular weight is 278 g/mol. The molecule has 1 rings (SSSR count). The number of carbonyl (C=O) groups is 2. The van der Waals surface area contributed by atoms with E-state index in [0.29, 0.717) is 11.4 Å². The number of nitrogen functional groups attached to an aromatic ring is 1. The highest BCUT2D eigenvalue weighted by atomic mass is 16.5. The molecule has 1 heterocycles. The van der Waals surface area contributed by atoms with Crippen molar-refractivity contribution in [3.63, 3.8) is 0 Å². The number of carbonyl (C=O) groups excluding carboxylic acids is 2. The first kappa shape index (κ1) is 15.6. The number of esters is 1. The maximum Gasteiger partial charge on any atom is 0.355 e. The lowest BCUT2D eigenvalue weighted by Crippen LogP contribution is -2.29. The van der Waals surface area contributed by atoms with Crippen LogP contribution in [0.1, 0.15) is 36.8 Å². The molecule has 0 aromatic carbocycles. The van der Waals surface area contributed by atoms with Crippen LogP contribution in [0.4, 0.5) is 5.69 Å². The number of amides is 1. The van der Waals surface area contributed by atoms with Crippen LogP contribution in [0, 0.1) is 11.3 Å². The van der Waals surface area contributed by atoms with Gasteiger partial charge in [0, 0.05) is 18.8 Å². The number of ether oxygens (including phenoxy) is 1. The van der Waals surface area contributed by atoms with E-state index in [-0.39, 0.29) is 25.6 Å². The second-order valence-electron chi connectivity index (χ2n) is 4.49. The van der Waals surface area contributed by atoms with Gasteiger partial charge in [0.2, 0.25) is 0 Å². The van der Waals surface area contributed by atoms with Gasteiger partial charge in [-0.15, -0.1) is 0 Å². The molecule has 0 spiro atoms. The van der Waals surface area contributed by atoms with Crippen LogP contribution in [0.3, 0.4) is 0 Å². The minimum Gasteiger partial charge on any atom is -0.451 e. The number of nitrogens with two attached hydrogens (primary N) is 1. The predicted molar refractivity (Wildman–Crippen MR) is 72.8 cm³/mol. The third kappa shape index (κ3) is 4.31. The van der Waals surface area contributed by atoms with Crippen molar-refractivity contribution in [1.82, 2.24) is 9.88 Å². The number of nitrogens with zero attached hydrogens (tertiary/aromatic N) is 2. The summed E-state index contributed by atoms with van der Waals surface area (Å²) < 4.78 is 6.60. The third-order valence-electron chi connectivity index (χ3n) is 2.53. The van der Waals surface area contributed by atoms with E-state index >= 15 is 0 Å². The Bertz CT molecular complexity index is 528. The summed E-state index contributed by atoms with van der Waals surface area (Å²) in [5.41, 5.74) is 6.42. The molecule has 0 aliphatic heterocycles. The molecule has 0 bridgehead atoms. The van der Waals surface area contributed by atoms with Gasteiger partial charge in [0.05, 0.1) is 18.2 Å². The summed E-state index contributed by atoms with van der Waals surface area (Å²) in [5.74, 6) is -1.05. The monoisotopic (exact) mass is 278 g/mol. The largest absolute Gasteiger partial charge is 0.451 e. The Hall–Kier alpha value is -2.49. The SMILES string of the molecule is CC(C)n1cc(N)cc1C(=O)OCC(=O)NCCC#N. The average Bonchev–Trinajstić information content (AvgIpc) is 2.78. The van der Waals surface area contributed by atoms with Crippen LogP contribution in [0.2, 0.25) is 0 Å². The van der Waals surface area contributed by atoms with Crippen molar-refractivity contribution < 1.29 is 14.3 Å². The molecule has 0 radical (unpaired) electrons. The van der Waals surface area contributed by atoms with E-state index in [4.69, 9.17) is 15.7 Å². The summed E-state index contributed by atoms with van der Waals surface area (Å²) >= 11 is 0. The van der Waals surface area contributed by atoms with Crippen molar-refractivity contribution in [2.75, 3.05) is 18.9 Å². The molecule has 1 aromatic heterocycles. The number of nitriles is 1. The zero-order valence-electron chi connectivity index (χ0n) is 11.5. The minimum atomic E-state index is -0.606. The molecular formula is C13H18N4O3. The van der Waals surface area contributed by atoms with Gasteiger partial charge in [0.15, 0.2) is 6.61 Å². The molecule has 1 amide bonds. The molecule has 0 fully saturated rings. The number of nitrogens with one attached hydrogen (secondary N) is 1. The zero-order valence-corrected chi connectivity index (χ0v) is 11.5. The minimum absolute atomic E-state index is 0.0549. The Kier molecular flexibility index (Phi) is 5.59. The van der Waals surface area contributed by atoms with E-state index in [2.05, 4.69) is 5.32 Å². The Morgan fingerprint density at radius 2 is 2.25 bits per heavy atom. The first-order chi connectivity index (χ1) is 9.45. The Morgan fingerprint density at radius 3 is 2.85 bits per heavy atom. The second kappa shape index (κ2) is 7.19. The third-order valence-corrected chi connectivity index (χ3v) is 2.53. The number of rotatable bonds is 6. The lowest BCUT2D eigenvalue weighted by atomic mass is 10.3. The molecule has 3 N–H and O–H groups in total. The van der Waals surface area contributed by atoms with Crippen LogP contribution in [-0.2, 0) is 9.53 Å². The topological polar surface area (TPSA) is 110 Å². The standard InChI is InChI=1S/C13H18N4O3/c1-9(2)17-7-10(15)6-11(17)13(19)20-8-12(18)16-5-3-4-14/h6-7,9H,3,5,8,15H2,1-2H3,(H,16,18). The molecule has 7 nitrogen and oxygen atoms in total. The highest BCUT2D eigenvalue weighted by molar-refractivity contribution is 5.91. The van der Waals surface area contributed by atoms with Gasteiger partial charge in [-0.1, -0.05) is 0 Å². The summed E-state index contributed by atoms with van der Waals surface area (Å²) in [6.07, 6.45) is 1.86. The first-order valence-corrected chi connectivity index (χ1v) is 6.23. The van der Waals surface area contributed by atoms with Gasteiger partial charge in [-0.25, -0.2) is 4.79 Å². The van der Waals surface area contributed by atoms with Crippen LogP contribution in [0.25, 0.3) is 0 Å². The smallest absolute Gasteiger partial charge is 0.355 e. The van der Waals surface area contributed by atoms with Gasteiger partial charge in [0.1, 0.15) is 5.69 Å². The number of aromatic nitrogens is 1. The van der Waals surface area contributed by atoms with Crippen molar-refractivity contribution in [2.45, 2.75) is 26.3 Å². The van der Waals surface area contributed by atoms with Gasteiger partial charge >= 0.3 is 5.97 Å². The molecule has 20 heavy (non-hydrogen) atoms. The predicted octanol–water partition coefficient (Wildman–Crippen LogP) is 0.838. The van der Waals surface area contributed by atoms with Crippen LogP contribution in [0.5, 0.6) is 0 Å². The van der Waals surface area contributed by atoms with E-state index < -0.39 is 11.9 Å². The quantitative estimate of drug-likeness (QED) is 0.591. The number of hydrogen-bond acceptors (Lipinski definition) is 5. The van der Waals surface area contributed by atoms with Gasteiger partial charge in [-0.3, -0.25) is 4.79 Å². The summed E-state index contributed by atoms with van der Waals surface area (Å²) in [6.45, 7) is 3.67. The van der Waals surface area contributed by atoms with Gasteiger partial charge in [-0.2, -0.15) is 5.26 Å². The number of anilines is 1. The van der Waals surface area contributed by atoms with E-state index in [1.165, 1.54) is 6.07 Å². The van der Waals surface area contributed by atoms with E-state index in [1.54, 1.807) is 10.8 Å². The Morgan fingerprint density at radius 1 is 1.55 bits per heavy atom. The van der Waals surface area contributed by atoms with Gasteiger partial charge in [0.25, 0.3) is 5.91 Å². The maximum atomic E-state index is 11.9. The van der Waals surface area contributed by atoms with E-state index in [9.17, 15) is 9.59 Å². The summed E-state index contributed by atoms with van der Waals surface area (Å²) in [7, 11) is 0. The molecule has 0 atom stereocenters. The molecule has 0 unspecified atom stereocenters. The maximum absolute atomic E-state index is 11.9. The van der Waals surface area contributed by atoms with Gasteiger partial charge < -0.3 is 20.4 Å². The summed E-state index contributed by atoms with van der Waals surface area (Å²) in [5, 5.41) is 10.8. The molecule has 1 aromatic rings. The van der Waals surface area contributed by atoms with Crippen molar-refractivity contribution in [1.29, 1.82) is 5.26 Å². The fourth-order valence-corrected chi connectivity index (χ4v) is 1.61. The lowest BCUT2D eigenvalue weighted by molar-refractivity contribution is -0.124. The first-order valence-electron chi connectivity index (χ1n) is 6.23. The van der Waals surface area contributed by atoms with Crippen LogP contribution >= 0.6 is 0 Å². The second-order valence-corrected chi connectivity index (χ2v) is 4.49. The normalized spacial score (nSPS) is 10.1. The Labute approximate surface area is 117 Å². The van der Waals surface area contributed by atoms with Crippen LogP contribution in [0.15, 0.2) is 12.3 Å². The molecule has 0 saturated heterocycles. The zero-order chi connectivity index (χ0) is 15.1. The molecule has 0 aliphatic carbocycles. The van der Waals surface area contributed by atoms with E-state index in [1.807, 2.05) is 19.9 Å². The number of hydrogen-bond donors (Lipinski definition) is 2. The van der Waals surface area contributed by atoms with Gasteiger partial charge in [-0.05, 0) is 19.9 Å². The highest BCUT2D eigenvalue weighted by Gasteiger charge is 2.17. The summed E-state index contributed by atoms with van der Waals surface area (Å²) in [6, 6.07) is 3.46.